The first-order chi connectivity index (χ1) is 7.38. The zero-order chi connectivity index (χ0) is 10.9. The first kappa shape index (κ1) is 28.2. The molecule has 0 fully saturated rings. The largest absolute Gasteiger partial charge is 4.00 e. The van der Waals surface area contributed by atoms with Crippen molar-refractivity contribution in [3.8, 4) is 0 Å². The minimum absolute atomic E-state index is 0. The first-order valence-corrected chi connectivity index (χ1v) is 5.59. The molecule has 0 radical (unpaired) electrons. The van der Waals surface area contributed by atoms with Crippen LogP contribution < -0.4 is 37.2 Å². The minimum Gasteiger partial charge on any atom is -1.00 e. The van der Waals surface area contributed by atoms with Gasteiger partial charge in [-0.25, -0.2) is 6.07 Å². The summed E-state index contributed by atoms with van der Waals surface area (Å²) >= 11 is 0. The molecule has 0 unspecified atom stereocenters. The van der Waals surface area contributed by atoms with Crippen LogP contribution >= 0.6 is 0 Å². The van der Waals surface area contributed by atoms with E-state index in [9.17, 15) is 0 Å². The number of fused-ring (bicyclic) bond motifs is 1. The predicted molar refractivity (Wildman–Crippen MR) is 62.4 cm³/mol. The van der Waals surface area contributed by atoms with E-state index in [0.29, 0.717) is 13.2 Å². The molecule has 2 nitrogen and oxygen atoms in total. The van der Waals surface area contributed by atoms with Gasteiger partial charge in [0.15, 0.2) is 0 Å². The summed E-state index contributed by atoms with van der Waals surface area (Å²) in [4.78, 5) is 0. The quantitative estimate of drug-likeness (QED) is 0.367. The van der Waals surface area contributed by atoms with E-state index < -0.39 is 0 Å². The maximum atomic E-state index is 4.66. The fraction of sp³-hybridized carbons (Fsp3) is 0.615. The summed E-state index contributed by atoms with van der Waals surface area (Å²) in [6, 6.07) is 6.69. The Labute approximate surface area is 154 Å². The molecular weight excluding hydrogens is 386 g/mol. The van der Waals surface area contributed by atoms with Crippen molar-refractivity contribution in [2.24, 2.45) is 0 Å². The smallest absolute Gasteiger partial charge is 1.00 e. The molecule has 1 aromatic rings. The third-order valence-corrected chi connectivity index (χ3v) is 2.64. The Morgan fingerprint density at radius 2 is 1.53 bits per heavy atom. The molecule has 1 aromatic carbocycles. The summed E-state index contributed by atoms with van der Waals surface area (Å²) in [7, 11) is 3.30. The Balaban J connectivity index is -0.000000104. The zero-order valence-electron chi connectivity index (χ0n) is 11.4. The van der Waals surface area contributed by atoms with E-state index in [1.54, 1.807) is 25.3 Å². The van der Waals surface area contributed by atoms with Crippen LogP contribution in [0.25, 0.3) is 0 Å². The summed E-state index contributed by atoms with van der Waals surface area (Å²) in [5.41, 5.74) is 3.20. The first-order valence-electron chi connectivity index (χ1n) is 5.59. The third kappa shape index (κ3) is 12.5. The second-order valence-electron chi connectivity index (χ2n) is 3.77. The van der Waals surface area contributed by atoms with Gasteiger partial charge in [-0.05, 0) is 0 Å². The van der Waals surface area contributed by atoms with E-state index in [1.807, 2.05) is 0 Å². The van der Waals surface area contributed by atoms with Gasteiger partial charge in [0.05, 0.1) is 13.2 Å². The minimum atomic E-state index is 0. The maximum Gasteiger partial charge on any atom is 4.00 e. The van der Waals surface area contributed by atoms with Crippen LogP contribution in [0.5, 0.6) is 0 Å². The fourth-order valence-corrected chi connectivity index (χ4v) is 1.78. The number of aryl methyl sites for hydroxylation is 2. The second-order valence-corrected chi connectivity index (χ2v) is 3.77. The molecule has 0 atom stereocenters. The topological polar surface area (TPSA) is 18.5 Å². The molecule has 6 heteroatoms. The van der Waals surface area contributed by atoms with Crippen molar-refractivity contribution >= 4 is 0 Å². The van der Waals surface area contributed by atoms with Crippen molar-refractivity contribution in [2.75, 3.05) is 27.4 Å². The van der Waals surface area contributed by atoms with Gasteiger partial charge in [-0.15, -0.1) is 0 Å². The van der Waals surface area contributed by atoms with Crippen LogP contribution in [-0.4, -0.2) is 27.4 Å². The molecule has 0 amide bonds. The summed E-state index contributed by atoms with van der Waals surface area (Å²) in [5.74, 6) is 0. The van der Waals surface area contributed by atoms with Crippen molar-refractivity contribution < 1.29 is 72.9 Å². The molecule has 0 heterocycles. The van der Waals surface area contributed by atoms with Crippen LogP contribution in [0.1, 0.15) is 24.0 Å². The number of hydrogen-bond acceptors (Lipinski definition) is 2. The molecule has 0 aromatic heterocycles. The summed E-state index contributed by atoms with van der Waals surface area (Å²) in [6.45, 7) is 1.38. The van der Waals surface area contributed by atoms with E-state index in [4.69, 9.17) is 0 Å². The molecule has 0 bridgehead atoms. The molecular formula is C13H21Cl3O2Zr. The van der Waals surface area contributed by atoms with Gasteiger partial charge in [0.25, 0.3) is 0 Å². The van der Waals surface area contributed by atoms with E-state index in [2.05, 4.69) is 27.7 Å². The van der Waals surface area contributed by atoms with Gasteiger partial charge >= 0.3 is 26.2 Å². The fourth-order valence-electron chi connectivity index (χ4n) is 1.78. The average molecular weight is 407 g/mol. The second kappa shape index (κ2) is 19.0. The van der Waals surface area contributed by atoms with E-state index in [1.165, 1.54) is 25.7 Å². The van der Waals surface area contributed by atoms with Crippen molar-refractivity contribution in [2.45, 2.75) is 25.7 Å². The number of ether oxygens (including phenoxy) is 2. The molecule has 2 rings (SSSR count). The normalized spacial score (nSPS) is 11.1. The molecule has 0 spiro atoms. The molecule has 0 N–H and O–H groups in total. The van der Waals surface area contributed by atoms with Gasteiger partial charge in [-0.2, -0.15) is 23.3 Å². The number of halogens is 3. The molecule has 0 saturated carbocycles. The van der Waals surface area contributed by atoms with Crippen molar-refractivity contribution in [1.82, 2.24) is 0 Å². The van der Waals surface area contributed by atoms with E-state index in [0.717, 1.165) is 0 Å². The van der Waals surface area contributed by atoms with Gasteiger partial charge in [0.2, 0.25) is 0 Å². The van der Waals surface area contributed by atoms with Gasteiger partial charge < -0.3 is 46.7 Å². The predicted octanol–water partition coefficient (Wildman–Crippen LogP) is -6.43. The van der Waals surface area contributed by atoms with Gasteiger partial charge in [-0.3, -0.25) is 0 Å². The van der Waals surface area contributed by atoms with Crippen LogP contribution in [0.15, 0.2) is 18.2 Å². The average Bonchev–Trinajstić information content (AvgIpc) is 2.75. The van der Waals surface area contributed by atoms with Crippen LogP contribution in [-0.2, 0) is 48.5 Å². The monoisotopic (exact) mass is 404 g/mol. The van der Waals surface area contributed by atoms with Crippen molar-refractivity contribution in [3.63, 3.8) is 0 Å². The van der Waals surface area contributed by atoms with E-state index in [-0.39, 0.29) is 63.4 Å². The molecule has 1 aliphatic carbocycles. The van der Waals surface area contributed by atoms with Crippen molar-refractivity contribution in [1.29, 1.82) is 0 Å². The van der Waals surface area contributed by atoms with Crippen molar-refractivity contribution in [3.05, 3.63) is 29.3 Å². The van der Waals surface area contributed by atoms with Crippen LogP contribution in [0, 0.1) is 0 Å². The summed E-state index contributed by atoms with van der Waals surface area (Å²) in [6.07, 6.45) is 5.44. The SMILES string of the molecule is COCCOC.[Cl-].[Cl-].[Cl-].[Zr+4].c1cc2c([cH-]1)CCCC2. The third-order valence-electron chi connectivity index (χ3n) is 2.64. The van der Waals surface area contributed by atoms with Crippen LogP contribution in [0.2, 0.25) is 0 Å². The van der Waals surface area contributed by atoms with Gasteiger partial charge in [0, 0.05) is 14.2 Å². The number of methoxy groups -OCH3 is 2. The number of hydrogen-bond donors (Lipinski definition) is 0. The Hall–Kier alpha value is 1.02. The standard InChI is InChI=1S/C9H11.C4H10O2.3ClH.Zr/c1-2-5-9-7-3-6-8(9)4-1;1-5-3-4-6-2;;;;/h3,6-7H,1-2,4-5H2;3-4H2,1-2H3;3*1H;/q-1;;;;;+4/p-3. The Kier molecular flexibility index (Phi) is 28.3. The molecule has 110 valence electrons. The van der Waals surface area contributed by atoms with E-state index >= 15 is 0 Å². The Morgan fingerprint density at radius 3 is 2.00 bits per heavy atom. The van der Waals surface area contributed by atoms with Crippen LogP contribution in [0.3, 0.4) is 0 Å². The molecule has 0 aliphatic heterocycles. The number of rotatable bonds is 3. The molecule has 0 saturated heterocycles. The maximum absolute atomic E-state index is 4.66. The molecule has 19 heavy (non-hydrogen) atoms. The summed E-state index contributed by atoms with van der Waals surface area (Å²) in [5, 5.41) is 0. The zero-order valence-corrected chi connectivity index (χ0v) is 16.2. The van der Waals surface area contributed by atoms with Gasteiger partial charge in [-0.1, -0.05) is 25.7 Å². The Morgan fingerprint density at radius 1 is 1.00 bits per heavy atom. The van der Waals surface area contributed by atoms with Gasteiger partial charge in [0.1, 0.15) is 0 Å². The molecule has 1 aliphatic rings. The Bertz CT molecular complexity index is 246. The van der Waals surface area contributed by atoms with Crippen LogP contribution in [0.4, 0.5) is 0 Å². The summed E-state index contributed by atoms with van der Waals surface area (Å²) < 4.78 is 9.31.